The van der Waals surface area contributed by atoms with E-state index in [2.05, 4.69) is 30.0 Å². The molecule has 178 valence electrons. The molecule has 1 aliphatic heterocycles. The Hall–Kier alpha value is -3.05. The molecule has 0 N–H and O–H groups in total. The summed E-state index contributed by atoms with van der Waals surface area (Å²) in [5.41, 5.74) is 3.69. The summed E-state index contributed by atoms with van der Waals surface area (Å²) in [6, 6.07) is 21.1. The van der Waals surface area contributed by atoms with E-state index in [9.17, 15) is 13.6 Å². The van der Waals surface area contributed by atoms with Crippen molar-refractivity contribution in [2.24, 2.45) is 5.92 Å². The molecule has 0 radical (unpaired) electrons. The van der Waals surface area contributed by atoms with Crippen molar-refractivity contribution in [3.05, 3.63) is 107 Å². The van der Waals surface area contributed by atoms with E-state index >= 15 is 0 Å². The van der Waals surface area contributed by atoms with Gasteiger partial charge in [0, 0.05) is 49.3 Å². The number of amides is 1. The van der Waals surface area contributed by atoms with Crippen molar-refractivity contribution in [2.45, 2.75) is 39.3 Å². The van der Waals surface area contributed by atoms with Crippen LogP contribution in [0.5, 0.6) is 0 Å². The number of halogens is 2. The maximum Gasteiger partial charge on any atom is 0.254 e. The van der Waals surface area contributed by atoms with Gasteiger partial charge >= 0.3 is 0 Å². The number of carbonyl (C=O) groups excluding carboxylic acids is 1. The van der Waals surface area contributed by atoms with Crippen LogP contribution < -0.4 is 0 Å². The summed E-state index contributed by atoms with van der Waals surface area (Å²) in [6.45, 7) is 8.84. The highest BCUT2D eigenvalue weighted by molar-refractivity contribution is 5.94. The minimum atomic E-state index is -0.355. The lowest BCUT2D eigenvalue weighted by Crippen LogP contribution is -2.42. The van der Waals surface area contributed by atoms with Gasteiger partial charge < -0.3 is 4.90 Å². The molecule has 34 heavy (non-hydrogen) atoms. The van der Waals surface area contributed by atoms with Crippen molar-refractivity contribution in [1.82, 2.24) is 9.80 Å². The topological polar surface area (TPSA) is 23.6 Å². The van der Waals surface area contributed by atoms with Crippen LogP contribution in [-0.4, -0.2) is 41.4 Å². The van der Waals surface area contributed by atoms with Crippen LogP contribution in [0.15, 0.2) is 72.8 Å². The molecule has 1 heterocycles. The Morgan fingerprint density at radius 2 is 1.65 bits per heavy atom. The van der Waals surface area contributed by atoms with Crippen molar-refractivity contribution < 1.29 is 13.6 Å². The summed E-state index contributed by atoms with van der Waals surface area (Å²) >= 11 is 0. The van der Waals surface area contributed by atoms with Gasteiger partial charge in [-0.05, 0) is 68.1 Å². The second kappa shape index (κ2) is 10.5. The van der Waals surface area contributed by atoms with Crippen molar-refractivity contribution >= 4 is 5.91 Å². The fourth-order valence-electron chi connectivity index (χ4n) is 5.04. The third-order valence-electron chi connectivity index (χ3n) is 6.86. The molecule has 1 aliphatic rings. The van der Waals surface area contributed by atoms with Gasteiger partial charge in [-0.1, -0.05) is 42.5 Å². The zero-order valence-corrected chi connectivity index (χ0v) is 20.0. The third kappa shape index (κ3) is 5.36. The first-order valence-electron chi connectivity index (χ1n) is 11.9. The minimum absolute atomic E-state index is 0.00399. The molecule has 3 aromatic rings. The first-order valence-corrected chi connectivity index (χ1v) is 11.9. The van der Waals surface area contributed by atoms with Crippen LogP contribution >= 0.6 is 0 Å². The first kappa shape index (κ1) is 24.1. The zero-order chi connectivity index (χ0) is 24.2. The SMILES string of the molecule is Cc1ccccc1C1CN(Cc2ccccc2F)CC1CN(C(=O)c1ccc(F)cc1)C(C)C. The Morgan fingerprint density at radius 3 is 2.32 bits per heavy atom. The molecule has 0 aromatic heterocycles. The second-order valence-electron chi connectivity index (χ2n) is 9.57. The Morgan fingerprint density at radius 1 is 0.971 bits per heavy atom. The smallest absolute Gasteiger partial charge is 0.254 e. The molecule has 0 aliphatic carbocycles. The van der Waals surface area contributed by atoms with E-state index in [-0.39, 0.29) is 35.4 Å². The molecule has 1 saturated heterocycles. The normalized spacial score (nSPS) is 18.4. The third-order valence-corrected chi connectivity index (χ3v) is 6.86. The summed E-state index contributed by atoms with van der Waals surface area (Å²) in [5.74, 6) is -0.207. The van der Waals surface area contributed by atoms with Gasteiger partial charge in [0.25, 0.3) is 5.91 Å². The van der Waals surface area contributed by atoms with Crippen LogP contribution in [0.2, 0.25) is 0 Å². The van der Waals surface area contributed by atoms with Crippen LogP contribution in [0, 0.1) is 24.5 Å². The van der Waals surface area contributed by atoms with Crippen LogP contribution in [0.25, 0.3) is 0 Å². The van der Waals surface area contributed by atoms with Gasteiger partial charge in [-0.3, -0.25) is 9.69 Å². The van der Waals surface area contributed by atoms with Crippen molar-refractivity contribution in [1.29, 1.82) is 0 Å². The average Bonchev–Trinajstić information content (AvgIpc) is 3.21. The Balaban J connectivity index is 1.60. The van der Waals surface area contributed by atoms with Crippen LogP contribution in [-0.2, 0) is 6.54 Å². The van der Waals surface area contributed by atoms with E-state index in [4.69, 9.17) is 0 Å². The largest absolute Gasteiger partial charge is 0.336 e. The lowest BCUT2D eigenvalue weighted by Gasteiger charge is -2.32. The lowest BCUT2D eigenvalue weighted by atomic mass is 9.86. The Bertz CT molecular complexity index is 1130. The highest BCUT2D eigenvalue weighted by Crippen LogP contribution is 2.36. The van der Waals surface area contributed by atoms with Gasteiger partial charge in [-0.15, -0.1) is 0 Å². The Kier molecular flexibility index (Phi) is 7.42. The van der Waals surface area contributed by atoms with Crippen molar-refractivity contribution in [2.75, 3.05) is 19.6 Å². The number of carbonyl (C=O) groups is 1. The van der Waals surface area contributed by atoms with Crippen LogP contribution in [0.4, 0.5) is 8.78 Å². The van der Waals surface area contributed by atoms with E-state index in [0.717, 1.165) is 13.1 Å². The minimum Gasteiger partial charge on any atom is -0.336 e. The van der Waals surface area contributed by atoms with E-state index in [0.29, 0.717) is 24.2 Å². The molecule has 3 aromatic carbocycles. The van der Waals surface area contributed by atoms with E-state index in [1.165, 1.54) is 29.3 Å². The van der Waals surface area contributed by atoms with Gasteiger partial charge in [0.05, 0.1) is 0 Å². The molecule has 0 spiro atoms. The van der Waals surface area contributed by atoms with Gasteiger partial charge in [0.15, 0.2) is 0 Å². The standard InChI is InChI=1S/C29H32F2N2O/c1-20(2)33(29(34)22-12-14-25(30)15-13-22)18-24-17-32(16-23-9-5-7-11-28(23)31)19-27(24)26-10-6-4-8-21(26)3/h4-15,20,24,27H,16-19H2,1-3H3. The van der Waals surface area contributed by atoms with E-state index in [1.54, 1.807) is 18.2 Å². The molecule has 2 unspecified atom stereocenters. The molecule has 2 atom stereocenters. The van der Waals surface area contributed by atoms with Gasteiger partial charge in [0.1, 0.15) is 11.6 Å². The number of rotatable bonds is 7. The van der Waals surface area contributed by atoms with Crippen LogP contribution in [0.3, 0.4) is 0 Å². The summed E-state index contributed by atoms with van der Waals surface area (Å²) in [5, 5.41) is 0. The molecular weight excluding hydrogens is 430 g/mol. The lowest BCUT2D eigenvalue weighted by molar-refractivity contribution is 0.0668. The van der Waals surface area contributed by atoms with Crippen molar-refractivity contribution in [3.63, 3.8) is 0 Å². The number of hydrogen-bond acceptors (Lipinski definition) is 2. The number of hydrogen-bond donors (Lipinski definition) is 0. The molecule has 1 amide bonds. The maximum atomic E-state index is 14.4. The molecule has 3 nitrogen and oxygen atoms in total. The van der Waals surface area contributed by atoms with Crippen molar-refractivity contribution in [3.8, 4) is 0 Å². The summed E-state index contributed by atoms with van der Waals surface area (Å²) in [4.78, 5) is 17.5. The predicted octanol–water partition coefficient (Wildman–Crippen LogP) is 6.04. The van der Waals surface area contributed by atoms with E-state index < -0.39 is 0 Å². The summed E-state index contributed by atoms with van der Waals surface area (Å²) in [6.07, 6.45) is 0. The van der Waals surface area contributed by atoms with Gasteiger partial charge in [-0.2, -0.15) is 0 Å². The van der Waals surface area contributed by atoms with Crippen LogP contribution in [0.1, 0.15) is 46.8 Å². The number of aryl methyl sites for hydroxylation is 1. The average molecular weight is 463 g/mol. The maximum absolute atomic E-state index is 14.4. The Labute approximate surface area is 201 Å². The van der Waals surface area contributed by atoms with Gasteiger partial charge in [-0.25, -0.2) is 8.78 Å². The highest BCUT2D eigenvalue weighted by atomic mass is 19.1. The first-order chi connectivity index (χ1) is 16.3. The second-order valence-corrected chi connectivity index (χ2v) is 9.57. The molecular formula is C29H32F2N2O. The number of benzene rings is 3. The fourth-order valence-corrected chi connectivity index (χ4v) is 5.04. The van der Waals surface area contributed by atoms with Gasteiger partial charge in [0.2, 0.25) is 0 Å². The summed E-state index contributed by atoms with van der Waals surface area (Å²) in [7, 11) is 0. The molecule has 0 bridgehead atoms. The molecule has 0 saturated carbocycles. The van der Waals surface area contributed by atoms with E-state index in [1.807, 2.05) is 36.9 Å². The zero-order valence-electron chi connectivity index (χ0n) is 20.0. The molecule has 5 heteroatoms. The highest BCUT2D eigenvalue weighted by Gasteiger charge is 2.37. The summed E-state index contributed by atoms with van der Waals surface area (Å²) < 4.78 is 27.8. The quantitative estimate of drug-likeness (QED) is 0.427. The number of nitrogens with zero attached hydrogens (tertiary/aromatic N) is 2. The number of likely N-dealkylation sites (tertiary alicyclic amines) is 1. The monoisotopic (exact) mass is 462 g/mol. The fraction of sp³-hybridized carbons (Fsp3) is 0.345. The molecule has 4 rings (SSSR count). The predicted molar refractivity (Wildman–Crippen MR) is 132 cm³/mol. The molecule has 1 fully saturated rings.